The minimum atomic E-state index is -2.96. The maximum absolute atomic E-state index is 11.3. The molecule has 0 aliphatic heterocycles. The van der Waals surface area contributed by atoms with E-state index < -0.39 is 9.84 Å². The molecule has 0 saturated heterocycles. The number of nitrogens with one attached hydrogen (secondary N) is 2. The number of benzene rings is 1. The van der Waals surface area contributed by atoms with E-state index in [2.05, 4.69) is 32.7 Å². The van der Waals surface area contributed by atoms with E-state index >= 15 is 0 Å². The van der Waals surface area contributed by atoms with E-state index in [0.717, 1.165) is 27.7 Å². The molecule has 0 saturated carbocycles. The Morgan fingerprint density at radius 1 is 1.30 bits per heavy atom. The van der Waals surface area contributed by atoms with Crippen LogP contribution in [0.5, 0.6) is 0 Å². The molecule has 0 fully saturated rings. The number of rotatable bonds is 8. The highest BCUT2D eigenvalue weighted by Crippen LogP contribution is 2.28. The number of aryl methyl sites for hydroxylation is 1. The van der Waals surface area contributed by atoms with Gasteiger partial charge in [-0.25, -0.2) is 18.4 Å². The molecule has 2 aromatic rings. The van der Waals surface area contributed by atoms with Crippen LogP contribution in [0.25, 0.3) is 10.6 Å². The zero-order valence-corrected chi connectivity index (χ0v) is 18.0. The Balaban J connectivity index is 2.05. The largest absolute Gasteiger partial charge is 0.357 e. The molecule has 2 rings (SSSR count). The molecule has 1 heterocycles. The number of aromatic nitrogens is 1. The molecule has 0 aliphatic rings. The van der Waals surface area contributed by atoms with E-state index in [9.17, 15) is 8.42 Å². The normalized spacial score (nSPS) is 13.4. The van der Waals surface area contributed by atoms with Crippen LogP contribution in [0.3, 0.4) is 0 Å². The number of hydrogen-bond donors (Lipinski definition) is 2. The monoisotopic (exact) mass is 408 g/mol. The summed E-state index contributed by atoms with van der Waals surface area (Å²) >= 11 is 1.65. The fourth-order valence-electron chi connectivity index (χ4n) is 2.45. The van der Waals surface area contributed by atoms with Crippen molar-refractivity contribution in [2.45, 2.75) is 39.8 Å². The van der Waals surface area contributed by atoms with Crippen LogP contribution in [0.15, 0.2) is 35.3 Å². The lowest BCUT2D eigenvalue weighted by atomic mass is 10.2. The first kappa shape index (κ1) is 21.4. The summed E-state index contributed by atoms with van der Waals surface area (Å²) < 4.78 is 22.7. The second-order valence-corrected chi connectivity index (χ2v) is 9.90. The molecule has 148 valence electrons. The molecule has 1 aromatic heterocycles. The molecule has 0 amide bonds. The molecule has 1 aromatic carbocycles. The Kier molecular flexibility index (Phi) is 7.79. The number of nitrogens with zero attached hydrogens (tertiary/aromatic N) is 2. The summed E-state index contributed by atoms with van der Waals surface area (Å²) in [5, 5.41) is 7.49. The van der Waals surface area contributed by atoms with Crippen molar-refractivity contribution < 1.29 is 8.42 Å². The van der Waals surface area contributed by atoms with E-state index in [1.54, 1.807) is 11.3 Å². The van der Waals surface area contributed by atoms with Gasteiger partial charge in [0.05, 0.1) is 18.0 Å². The number of hydrogen-bond acceptors (Lipinski definition) is 5. The van der Waals surface area contributed by atoms with Gasteiger partial charge in [-0.3, -0.25) is 0 Å². The van der Waals surface area contributed by atoms with Gasteiger partial charge < -0.3 is 10.6 Å². The topological polar surface area (TPSA) is 83.4 Å². The summed E-state index contributed by atoms with van der Waals surface area (Å²) in [7, 11) is -2.96. The predicted molar refractivity (Wildman–Crippen MR) is 114 cm³/mol. The first-order valence-corrected chi connectivity index (χ1v) is 11.9. The summed E-state index contributed by atoms with van der Waals surface area (Å²) in [5.41, 5.74) is 2.10. The Hall–Kier alpha value is -1.93. The third-order valence-corrected chi connectivity index (χ3v) is 6.11. The molecular formula is C19H28N4O2S2. The van der Waals surface area contributed by atoms with Crippen LogP contribution in [0.4, 0.5) is 0 Å². The van der Waals surface area contributed by atoms with Crippen molar-refractivity contribution in [1.82, 2.24) is 15.6 Å². The lowest BCUT2D eigenvalue weighted by Crippen LogP contribution is -2.42. The van der Waals surface area contributed by atoms with Gasteiger partial charge in [0.2, 0.25) is 0 Å². The van der Waals surface area contributed by atoms with Gasteiger partial charge in [-0.2, -0.15) is 0 Å². The maximum Gasteiger partial charge on any atom is 0.191 e. The molecule has 0 radical (unpaired) electrons. The quantitative estimate of drug-likeness (QED) is 0.518. The van der Waals surface area contributed by atoms with Gasteiger partial charge in [0, 0.05) is 29.3 Å². The molecule has 0 spiro atoms. The molecule has 0 aliphatic carbocycles. The second kappa shape index (κ2) is 9.85. The average Bonchev–Trinajstić information content (AvgIpc) is 2.99. The SMILES string of the molecule is CCNC(=NCc1sc(-c2ccccc2)nc1C)NC(C)CCS(C)(=O)=O. The molecule has 6 nitrogen and oxygen atoms in total. The van der Waals surface area contributed by atoms with Crippen molar-refractivity contribution in [3.63, 3.8) is 0 Å². The van der Waals surface area contributed by atoms with Gasteiger partial charge in [0.25, 0.3) is 0 Å². The van der Waals surface area contributed by atoms with Crippen LogP contribution in [-0.4, -0.2) is 44.0 Å². The minimum absolute atomic E-state index is 0.0139. The van der Waals surface area contributed by atoms with E-state index in [1.165, 1.54) is 6.26 Å². The van der Waals surface area contributed by atoms with Crippen LogP contribution in [0, 0.1) is 6.92 Å². The maximum atomic E-state index is 11.3. The Morgan fingerprint density at radius 2 is 2.00 bits per heavy atom. The summed E-state index contributed by atoms with van der Waals surface area (Å²) in [6, 6.07) is 10.1. The summed E-state index contributed by atoms with van der Waals surface area (Å²) in [6.45, 7) is 7.24. The molecule has 2 N–H and O–H groups in total. The van der Waals surface area contributed by atoms with Crippen LogP contribution >= 0.6 is 11.3 Å². The fraction of sp³-hybridized carbons (Fsp3) is 0.474. The lowest BCUT2D eigenvalue weighted by molar-refractivity contribution is 0.581. The van der Waals surface area contributed by atoms with Gasteiger partial charge in [0.15, 0.2) is 5.96 Å². The molecule has 8 heteroatoms. The highest BCUT2D eigenvalue weighted by Gasteiger charge is 2.11. The van der Waals surface area contributed by atoms with Gasteiger partial charge in [-0.1, -0.05) is 30.3 Å². The van der Waals surface area contributed by atoms with Crippen molar-refractivity contribution in [2.24, 2.45) is 4.99 Å². The van der Waals surface area contributed by atoms with Crippen molar-refractivity contribution in [3.05, 3.63) is 40.9 Å². The third-order valence-electron chi connectivity index (χ3n) is 3.94. The van der Waals surface area contributed by atoms with Crippen LogP contribution < -0.4 is 10.6 Å². The lowest BCUT2D eigenvalue weighted by Gasteiger charge is -2.17. The van der Waals surface area contributed by atoms with E-state index in [1.807, 2.05) is 39.0 Å². The third kappa shape index (κ3) is 7.30. The Bertz CT molecular complexity index is 861. The van der Waals surface area contributed by atoms with Crippen molar-refractivity contribution in [2.75, 3.05) is 18.6 Å². The Morgan fingerprint density at radius 3 is 2.63 bits per heavy atom. The highest BCUT2D eigenvalue weighted by atomic mass is 32.2. The minimum Gasteiger partial charge on any atom is -0.357 e. The number of guanidine groups is 1. The van der Waals surface area contributed by atoms with Crippen LogP contribution in [-0.2, 0) is 16.4 Å². The Labute approximate surface area is 166 Å². The number of aliphatic imine (C=N–C) groups is 1. The zero-order chi connectivity index (χ0) is 19.9. The average molecular weight is 409 g/mol. The molecule has 27 heavy (non-hydrogen) atoms. The zero-order valence-electron chi connectivity index (χ0n) is 16.3. The molecule has 0 bridgehead atoms. The number of sulfone groups is 1. The van der Waals surface area contributed by atoms with Crippen LogP contribution in [0.1, 0.15) is 30.8 Å². The number of thiazole rings is 1. The molecule has 1 unspecified atom stereocenters. The van der Waals surface area contributed by atoms with E-state index in [-0.39, 0.29) is 11.8 Å². The second-order valence-electron chi connectivity index (χ2n) is 6.55. The van der Waals surface area contributed by atoms with Crippen molar-refractivity contribution in [1.29, 1.82) is 0 Å². The summed E-state index contributed by atoms with van der Waals surface area (Å²) in [6.07, 6.45) is 1.80. The first-order chi connectivity index (χ1) is 12.8. The van der Waals surface area contributed by atoms with Crippen molar-refractivity contribution in [3.8, 4) is 10.6 Å². The van der Waals surface area contributed by atoms with Gasteiger partial charge in [-0.05, 0) is 27.2 Å². The van der Waals surface area contributed by atoms with Gasteiger partial charge in [0.1, 0.15) is 14.8 Å². The summed E-state index contributed by atoms with van der Waals surface area (Å²) in [5.74, 6) is 0.849. The fourth-order valence-corrected chi connectivity index (χ4v) is 4.22. The smallest absolute Gasteiger partial charge is 0.191 e. The van der Waals surface area contributed by atoms with Crippen molar-refractivity contribution >= 4 is 27.1 Å². The standard InChI is InChI=1S/C19H28N4O2S2/c1-5-20-19(22-14(2)11-12-27(4,24)25)21-13-17-15(3)23-18(26-17)16-9-7-6-8-10-16/h6-10,14H,5,11-13H2,1-4H3,(H2,20,21,22). The highest BCUT2D eigenvalue weighted by molar-refractivity contribution is 7.90. The van der Waals surface area contributed by atoms with Gasteiger partial charge >= 0.3 is 0 Å². The van der Waals surface area contributed by atoms with E-state index in [4.69, 9.17) is 0 Å². The first-order valence-electron chi connectivity index (χ1n) is 9.02. The van der Waals surface area contributed by atoms with Crippen LogP contribution in [0.2, 0.25) is 0 Å². The summed E-state index contributed by atoms with van der Waals surface area (Å²) in [4.78, 5) is 10.4. The molecule has 1 atom stereocenters. The molecular weight excluding hydrogens is 380 g/mol. The van der Waals surface area contributed by atoms with E-state index in [0.29, 0.717) is 18.9 Å². The predicted octanol–water partition coefficient (Wildman–Crippen LogP) is 3.00. The van der Waals surface area contributed by atoms with Gasteiger partial charge in [-0.15, -0.1) is 11.3 Å².